The minimum atomic E-state index is -0.622. The van der Waals surface area contributed by atoms with Crippen LogP contribution in [0.1, 0.15) is 16.6 Å². The van der Waals surface area contributed by atoms with Crippen LogP contribution in [-0.4, -0.2) is 20.7 Å². The molecule has 0 aliphatic heterocycles. The first-order valence-corrected chi connectivity index (χ1v) is 5.90. The summed E-state index contributed by atoms with van der Waals surface area (Å²) in [4.78, 5) is 21.8. The average Bonchev–Trinajstić information content (AvgIpc) is 2.97. The second kappa shape index (κ2) is 4.96. The van der Waals surface area contributed by atoms with Gasteiger partial charge in [0.25, 0.3) is 0 Å². The van der Waals surface area contributed by atoms with Gasteiger partial charge < -0.3 is 4.74 Å². The Morgan fingerprint density at radius 2 is 2.39 bits per heavy atom. The first kappa shape index (κ1) is 12.2. The van der Waals surface area contributed by atoms with E-state index in [-0.39, 0.29) is 9.88 Å². The Kier molecular flexibility index (Phi) is 3.38. The van der Waals surface area contributed by atoms with Crippen molar-refractivity contribution in [3.8, 4) is 5.75 Å². The molecule has 0 N–H and O–H groups in total. The number of aromatic nitrogens is 2. The molecular formula is C10H9N3O4S. The van der Waals surface area contributed by atoms with E-state index in [4.69, 9.17) is 4.74 Å². The maximum atomic E-state index is 11.7. The van der Waals surface area contributed by atoms with E-state index in [9.17, 15) is 14.9 Å². The third-order valence-corrected chi connectivity index (χ3v) is 3.13. The minimum Gasteiger partial charge on any atom is -0.419 e. The molecule has 0 saturated heterocycles. The molecule has 0 saturated carbocycles. The van der Waals surface area contributed by atoms with Gasteiger partial charge in [-0.1, -0.05) is 11.3 Å². The smallest absolute Gasteiger partial charge is 0.354 e. The summed E-state index contributed by atoms with van der Waals surface area (Å²) in [5.74, 6) is -0.304. The molecule has 94 valence electrons. The van der Waals surface area contributed by atoms with Crippen LogP contribution in [0.5, 0.6) is 5.75 Å². The number of ether oxygens (including phenoxy) is 1. The number of thiophene rings is 1. The number of rotatable bonds is 4. The van der Waals surface area contributed by atoms with Crippen molar-refractivity contribution < 1.29 is 14.5 Å². The molecule has 0 aromatic carbocycles. The van der Waals surface area contributed by atoms with Crippen molar-refractivity contribution in [3.05, 3.63) is 39.5 Å². The fourth-order valence-corrected chi connectivity index (χ4v) is 1.96. The maximum Gasteiger partial charge on any atom is 0.354 e. The molecule has 0 unspecified atom stereocenters. The Morgan fingerprint density at radius 1 is 1.61 bits per heavy atom. The van der Waals surface area contributed by atoms with Crippen LogP contribution in [0.15, 0.2) is 24.5 Å². The van der Waals surface area contributed by atoms with Gasteiger partial charge >= 0.3 is 11.0 Å². The Balaban J connectivity index is 2.09. The zero-order valence-corrected chi connectivity index (χ0v) is 10.2. The van der Waals surface area contributed by atoms with E-state index in [0.29, 0.717) is 12.3 Å². The van der Waals surface area contributed by atoms with Crippen LogP contribution >= 0.6 is 11.3 Å². The molecule has 0 fully saturated rings. The summed E-state index contributed by atoms with van der Waals surface area (Å²) in [5.41, 5.74) is 0. The highest BCUT2D eigenvalue weighted by atomic mass is 32.1. The first-order chi connectivity index (χ1) is 8.60. The Morgan fingerprint density at radius 3 is 2.94 bits per heavy atom. The molecule has 0 aliphatic carbocycles. The van der Waals surface area contributed by atoms with Crippen LogP contribution in [0.4, 0.5) is 5.00 Å². The molecule has 2 rings (SSSR count). The van der Waals surface area contributed by atoms with E-state index in [0.717, 1.165) is 11.3 Å². The van der Waals surface area contributed by atoms with Gasteiger partial charge in [-0.05, 0) is 13.0 Å². The molecule has 2 heterocycles. The van der Waals surface area contributed by atoms with E-state index < -0.39 is 10.9 Å². The summed E-state index contributed by atoms with van der Waals surface area (Å²) >= 11 is 0.780. The number of hydrogen-bond donors (Lipinski definition) is 0. The summed E-state index contributed by atoms with van der Waals surface area (Å²) in [6.07, 6.45) is 3.00. The van der Waals surface area contributed by atoms with Gasteiger partial charge in [-0.25, -0.2) is 4.79 Å². The zero-order valence-electron chi connectivity index (χ0n) is 9.40. The molecule has 18 heavy (non-hydrogen) atoms. The second-order valence-corrected chi connectivity index (χ2v) is 4.38. The number of aryl methyl sites for hydroxylation is 1. The molecule has 0 atom stereocenters. The summed E-state index contributed by atoms with van der Waals surface area (Å²) < 4.78 is 6.65. The van der Waals surface area contributed by atoms with Gasteiger partial charge in [0.2, 0.25) is 0 Å². The van der Waals surface area contributed by atoms with Gasteiger partial charge in [-0.2, -0.15) is 5.10 Å². The lowest BCUT2D eigenvalue weighted by molar-refractivity contribution is -0.380. The van der Waals surface area contributed by atoms with Gasteiger partial charge in [0.15, 0.2) is 5.75 Å². The third-order valence-electron chi connectivity index (χ3n) is 2.12. The maximum absolute atomic E-state index is 11.7. The van der Waals surface area contributed by atoms with Crippen LogP contribution in [0.2, 0.25) is 0 Å². The number of hydrogen-bond acceptors (Lipinski definition) is 6. The number of carbonyl (C=O) groups is 1. The van der Waals surface area contributed by atoms with Crippen molar-refractivity contribution >= 4 is 22.3 Å². The molecule has 0 amide bonds. The van der Waals surface area contributed by atoms with E-state index in [1.165, 1.54) is 18.3 Å². The normalized spacial score (nSPS) is 10.3. The number of esters is 1. The van der Waals surface area contributed by atoms with Gasteiger partial charge in [0.05, 0.1) is 17.3 Å². The number of carbonyl (C=O) groups excluding carboxylic acids is 1. The van der Waals surface area contributed by atoms with Crippen molar-refractivity contribution in [1.29, 1.82) is 0 Å². The fraction of sp³-hybridized carbons (Fsp3) is 0.200. The largest absolute Gasteiger partial charge is 0.419 e. The monoisotopic (exact) mass is 267 g/mol. The molecule has 8 heteroatoms. The fourth-order valence-electron chi connectivity index (χ4n) is 1.26. The number of nitrogens with zero attached hydrogens (tertiary/aromatic N) is 3. The summed E-state index contributed by atoms with van der Waals surface area (Å²) in [5, 5.41) is 14.3. The lowest BCUT2D eigenvalue weighted by atomic mass is 10.5. The van der Waals surface area contributed by atoms with E-state index in [2.05, 4.69) is 5.10 Å². The van der Waals surface area contributed by atoms with Gasteiger partial charge in [0.1, 0.15) is 4.88 Å². The molecule has 2 aromatic heterocycles. The highest BCUT2D eigenvalue weighted by Crippen LogP contribution is 2.25. The van der Waals surface area contributed by atoms with Crippen molar-refractivity contribution in [1.82, 2.24) is 9.78 Å². The Labute approximate surface area is 106 Å². The highest BCUT2D eigenvalue weighted by molar-refractivity contribution is 7.17. The van der Waals surface area contributed by atoms with Crippen molar-refractivity contribution in [3.63, 3.8) is 0 Å². The van der Waals surface area contributed by atoms with Gasteiger partial charge in [-0.3, -0.25) is 14.8 Å². The van der Waals surface area contributed by atoms with E-state index >= 15 is 0 Å². The first-order valence-electron chi connectivity index (χ1n) is 5.09. The minimum absolute atomic E-state index is 0.0915. The van der Waals surface area contributed by atoms with Gasteiger partial charge in [0, 0.05) is 12.6 Å². The standard InChI is InChI=1S/C10H9N3O4S/c1-2-12-6-7(5-11-12)17-10(14)8-3-4-9(18-8)13(15)16/h3-6H,2H2,1H3. The zero-order chi connectivity index (χ0) is 13.1. The SMILES string of the molecule is CCn1cc(OC(=O)c2ccc([N+](=O)[O-])s2)cn1. The molecular weight excluding hydrogens is 258 g/mol. The third kappa shape index (κ3) is 2.54. The van der Waals surface area contributed by atoms with E-state index in [1.807, 2.05) is 6.92 Å². The van der Waals surface area contributed by atoms with Crippen molar-refractivity contribution in [2.75, 3.05) is 0 Å². The predicted molar refractivity (Wildman–Crippen MR) is 63.8 cm³/mol. The quantitative estimate of drug-likeness (QED) is 0.481. The predicted octanol–water partition coefficient (Wildman–Crippen LogP) is 2.09. The Bertz CT molecular complexity index is 589. The summed E-state index contributed by atoms with van der Waals surface area (Å²) in [7, 11) is 0. The summed E-state index contributed by atoms with van der Waals surface area (Å²) in [6.45, 7) is 2.57. The van der Waals surface area contributed by atoms with Crippen LogP contribution in [0.25, 0.3) is 0 Å². The number of nitro groups is 1. The van der Waals surface area contributed by atoms with Gasteiger partial charge in [-0.15, -0.1) is 0 Å². The molecule has 0 bridgehead atoms. The van der Waals surface area contributed by atoms with Crippen LogP contribution in [0.3, 0.4) is 0 Å². The van der Waals surface area contributed by atoms with E-state index in [1.54, 1.807) is 10.9 Å². The lowest BCUT2D eigenvalue weighted by Gasteiger charge is -1.97. The Hall–Kier alpha value is -2.22. The molecule has 7 nitrogen and oxygen atoms in total. The summed E-state index contributed by atoms with van der Waals surface area (Å²) in [6, 6.07) is 2.64. The second-order valence-electron chi connectivity index (χ2n) is 3.32. The molecule has 0 spiro atoms. The van der Waals surface area contributed by atoms with Crippen LogP contribution in [0, 0.1) is 10.1 Å². The topological polar surface area (TPSA) is 87.3 Å². The molecule has 0 aliphatic rings. The lowest BCUT2D eigenvalue weighted by Crippen LogP contribution is -2.05. The van der Waals surface area contributed by atoms with Crippen LogP contribution < -0.4 is 4.74 Å². The molecule has 2 aromatic rings. The highest BCUT2D eigenvalue weighted by Gasteiger charge is 2.17. The van der Waals surface area contributed by atoms with Crippen molar-refractivity contribution in [2.24, 2.45) is 0 Å². The molecule has 0 radical (unpaired) electrons. The van der Waals surface area contributed by atoms with Crippen LogP contribution in [-0.2, 0) is 6.54 Å². The average molecular weight is 267 g/mol. The van der Waals surface area contributed by atoms with Crippen molar-refractivity contribution in [2.45, 2.75) is 13.5 Å².